The Balaban J connectivity index is 1.56. The number of carbonyl (C=O) groups is 2. The van der Waals surface area contributed by atoms with Gasteiger partial charge in [-0.15, -0.1) is 0 Å². The van der Waals surface area contributed by atoms with Gasteiger partial charge in [0.2, 0.25) is 0 Å². The van der Waals surface area contributed by atoms with E-state index in [4.69, 9.17) is 16.3 Å². The summed E-state index contributed by atoms with van der Waals surface area (Å²) in [5, 5.41) is 3.09. The van der Waals surface area contributed by atoms with Gasteiger partial charge in [0.05, 0.1) is 17.5 Å². The largest absolute Gasteiger partial charge is 0.456 e. The Morgan fingerprint density at radius 3 is 2.46 bits per heavy atom. The van der Waals surface area contributed by atoms with E-state index in [1.165, 1.54) is 0 Å². The van der Waals surface area contributed by atoms with Crippen LogP contribution in [0.25, 0.3) is 11.0 Å². The van der Waals surface area contributed by atoms with Crippen molar-refractivity contribution in [2.75, 3.05) is 11.9 Å². The Morgan fingerprint density at radius 2 is 1.79 bits per heavy atom. The number of halogens is 1. The van der Waals surface area contributed by atoms with Crippen molar-refractivity contribution in [1.82, 2.24) is 9.13 Å². The lowest BCUT2D eigenvalue weighted by Gasteiger charge is -2.07. The maximum atomic E-state index is 12.5. The zero-order chi connectivity index (χ0) is 20.1. The van der Waals surface area contributed by atoms with Gasteiger partial charge in [0.15, 0.2) is 6.61 Å². The average molecular weight is 402 g/mol. The first kappa shape index (κ1) is 19.7. The fourth-order valence-electron chi connectivity index (χ4n) is 2.98. The van der Waals surface area contributed by atoms with E-state index in [9.17, 15) is 14.4 Å². The second-order valence-corrected chi connectivity index (χ2v) is 6.57. The van der Waals surface area contributed by atoms with Gasteiger partial charge in [-0.2, -0.15) is 0 Å². The molecule has 28 heavy (non-hydrogen) atoms. The van der Waals surface area contributed by atoms with Crippen LogP contribution in [0, 0.1) is 0 Å². The van der Waals surface area contributed by atoms with Crippen LogP contribution in [-0.4, -0.2) is 27.6 Å². The van der Waals surface area contributed by atoms with Crippen molar-refractivity contribution in [1.29, 1.82) is 0 Å². The quantitative estimate of drug-likeness (QED) is 0.617. The second-order valence-electron chi connectivity index (χ2n) is 6.14. The molecule has 0 saturated carbocycles. The molecule has 3 aromatic rings. The molecule has 0 spiro atoms. The SMILES string of the molecule is CCn1c(=O)n(CCC(=O)OCC(=O)Nc2cccc(Cl)c2)c2ccccc21. The molecule has 0 aliphatic rings. The van der Waals surface area contributed by atoms with E-state index in [1.54, 1.807) is 33.4 Å². The van der Waals surface area contributed by atoms with Crippen molar-refractivity contribution in [2.45, 2.75) is 26.4 Å². The third kappa shape index (κ3) is 4.43. The highest BCUT2D eigenvalue weighted by atomic mass is 35.5. The number of nitrogens with zero attached hydrogens (tertiary/aromatic N) is 2. The number of para-hydroxylation sites is 2. The van der Waals surface area contributed by atoms with Crippen LogP contribution < -0.4 is 11.0 Å². The van der Waals surface area contributed by atoms with Gasteiger partial charge in [-0.05, 0) is 37.3 Å². The summed E-state index contributed by atoms with van der Waals surface area (Å²) in [7, 11) is 0. The summed E-state index contributed by atoms with van der Waals surface area (Å²) in [5.41, 5.74) is 1.94. The van der Waals surface area contributed by atoms with E-state index in [0.717, 1.165) is 11.0 Å². The van der Waals surface area contributed by atoms with E-state index in [2.05, 4.69) is 5.32 Å². The number of nitrogens with one attached hydrogen (secondary N) is 1. The van der Waals surface area contributed by atoms with Gasteiger partial charge >= 0.3 is 11.7 Å². The number of hydrogen-bond donors (Lipinski definition) is 1. The molecule has 0 fully saturated rings. The Kier molecular flexibility index (Phi) is 6.16. The lowest BCUT2D eigenvalue weighted by Crippen LogP contribution is -2.26. The Morgan fingerprint density at radius 1 is 1.07 bits per heavy atom. The Bertz CT molecular complexity index is 1070. The van der Waals surface area contributed by atoms with Crippen molar-refractivity contribution >= 4 is 40.2 Å². The van der Waals surface area contributed by atoms with Gasteiger partial charge in [-0.3, -0.25) is 18.7 Å². The summed E-state index contributed by atoms with van der Waals surface area (Å²) in [5.74, 6) is -1.02. The molecule has 0 radical (unpaired) electrons. The van der Waals surface area contributed by atoms with E-state index < -0.39 is 18.5 Å². The van der Waals surface area contributed by atoms with Crippen LogP contribution in [0.3, 0.4) is 0 Å². The molecular weight excluding hydrogens is 382 g/mol. The summed E-state index contributed by atoms with van der Waals surface area (Å²) in [4.78, 5) is 36.4. The molecule has 0 aliphatic heterocycles. The van der Waals surface area contributed by atoms with Crippen molar-refractivity contribution in [3.63, 3.8) is 0 Å². The number of amides is 1. The third-order valence-electron chi connectivity index (χ3n) is 4.25. The zero-order valence-electron chi connectivity index (χ0n) is 15.4. The maximum Gasteiger partial charge on any atom is 0.329 e. The highest BCUT2D eigenvalue weighted by Gasteiger charge is 2.14. The molecule has 0 aliphatic carbocycles. The highest BCUT2D eigenvalue weighted by molar-refractivity contribution is 6.30. The van der Waals surface area contributed by atoms with Crippen LogP contribution in [0.4, 0.5) is 5.69 Å². The fourth-order valence-corrected chi connectivity index (χ4v) is 3.17. The number of aromatic nitrogens is 2. The fraction of sp³-hybridized carbons (Fsp3) is 0.250. The summed E-state index contributed by atoms with van der Waals surface area (Å²) < 4.78 is 8.21. The number of carbonyl (C=O) groups excluding carboxylic acids is 2. The van der Waals surface area contributed by atoms with E-state index in [-0.39, 0.29) is 18.7 Å². The van der Waals surface area contributed by atoms with E-state index in [0.29, 0.717) is 17.3 Å². The van der Waals surface area contributed by atoms with E-state index >= 15 is 0 Å². The predicted octanol–water partition coefficient (Wildman–Crippen LogP) is 3.05. The van der Waals surface area contributed by atoms with Crippen molar-refractivity contribution in [3.8, 4) is 0 Å². The zero-order valence-corrected chi connectivity index (χ0v) is 16.1. The van der Waals surface area contributed by atoms with Crippen LogP contribution in [0.15, 0.2) is 53.3 Å². The number of aryl methyl sites for hydroxylation is 2. The molecule has 8 heteroatoms. The third-order valence-corrected chi connectivity index (χ3v) is 4.49. The molecule has 0 unspecified atom stereocenters. The standard InChI is InChI=1S/C20H20ClN3O4/c1-2-23-16-8-3-4-9-17(16)24(20(23)27)11-10-19(26)28-13-18(25)22-15-7-5-6-14(21)12-15/h3-9,12H,2,10-11,13H2,1H3,(H,22,25). The van der Waals surface area contributed by atoms with Gasteiger partial charge in [0.25, 0.3) is 5.91 Å². The average Bonchev–Trinajstić information content (AvgIpc) is 2.95. The van der Waals surface area contributed by atoms with Gasteiger partial charge in [-0.1, -0.05) is 29.8 Å². The van der Waals surface area contributed by atoms with Gasteiger partial charge < -0.3 is 10.1 Å². The van der Waals surface area contributed by atoms with Crippen molar-refractivity contribution in [2.24, 2.45) is 0 Å². The summed E-state index contributed by atoms with van der Waals surface area (Å²) in [6.07, 6.45) is -0.0118. The lowest BCUT2D eigenvalue weighted by molar-refractivity contribution is -0.147. The molecule has 0 bridgehead atoms. The summed E-state index contributed by atoms with van der Waals surface area (Å²) in [6, 6.07) is 14.1. The lowest BCUT2D eigenvalue weighted by atomic mass is 10.3. The molecule has 1 N–H and O–H groups in total. The molecule has 7 nitrogen and oxygen atoms in total. The van der Waals surface area contributed by atoms with Crippen LogP contribution in [0.2, 0.25) is 5.02 Å². The smallest absolute Gasteiger partial charge is 0.329 e. The van der Waals surface area contributed by atoms with Crippen LogP contribution in [0.1, 0.15) is 13.3 Å². The molecular formula is C20H20ClN3O4. The minimum Gasteiger partial charge on any atom is -0.456 e. The van der Waals surface area contributed by atoms with Gasteiger partial charge in [-0.25, -0.2) is 4.79 Å². The summed E-state index contributed by atoms with van der Waals surface area (Å²) in [6.45, 7) is 2.21. The molecule has 146 valence electrons. The van der Waals surface area contributed by atoms with Crippen molar-refractivity contribution < 1.29 is 14.3 Å². The molecule has 1 amide bonds. The number of hydrogen-bond acceptors (Lipinski definition) is 4. The number of rotatable bonds is 7. The second kappa shape index (κ2) is 8.75. The molecule has 0 saturated heterocycles. The molecule has 0 atom stereocenters. The first-order chi connectivity index (χ1) is 13.5. The number of esters is 1. The minimum absolute atomic E-state index is 0.0118. The monoisotopic (exact) mass is 401 g/mol. The maximum absolute atomic E-state index is 12.5. The van der Waals surface area contributed by atoms with E-state index in [1.807, 2.05) is 31.2 Å². The number of ether oxygens (including phenoxy) is 1. The van der Waals surface area contributed by atoms with Crippen LogP contribution in [0.5, 0.6) is 0 Å². The number of imidazole rings is 1. The Hall–Kier alpha value is -3.06. The molecule has 1 heterocycles. The van der Waals surface area contributed by atoms with Gasteiger partial charge in [0.1, 0.15) is 0 Å². The van der Waals surface area contributed by atoms with Crippen LogP contribution in [-0.2, 0) is 27.4 Å². The molecule has 3 rings (SSSR count). The van der Waals surface area contributed by atoms with Gasteiger partial charge in [0, 0.05) is 23.8 Å². The van der Waals surface area contributed by atoms with Crippen molar-refractivity contribution in [3.05, 3.63) is 64.0 Å². The highest BCUT2D eigenvalue weighted by Crippen LogP contribution is 2.15. The Labute approximate surface area is 166 Å². The minimum atomic E-state index is -0.554. The molecule has 2 aromatic carbocycles. The predicted molar refractivity (Wildman–Crippen MR) is 108 cm³/mol. The van der Waals surface area contributed by atoms with Crippen LogP contribution >= 0.6 is 11.6 Å². The topological polar surface area (TPSA) is 82.3 Å². The first-order valence-corrected chi connectivity index (χ1v) is 9.26. The normalized spacial score (nSPS) is 10.8. The number of fused-ring (bicyclic) bond motifs is 1. The number of anilines is 1. The molecule has 1 aromatic heterocycles. The number of benzene rings is 2. The first-order valence-electron chi connectivity index (χ1n) is 8.88. The summed E-state index contributed by atoms with van der Waals surface area (Å²) >= 11 is 5.86.